The Hall–Kier alpha value is 0.430. The number of hydrogen-bond acceptors (Lipinski definition) is 0. The molecule has 0 heterocycles. The van der Waals surface area contributed by atoms with Gasteiger partial charge in [0.25, 0.3) is 0 Å². The maximum atomic E-state index is 2.48. The summed E-state index contributed by atoms with van der Waals surface area (Å²) in [6.45, 7) is 16.7. The Bertz CT molecular complexity index is 117. The van der Waals surface area contributed by atoms with E-state index in [1.807, 2.05) is 0 Å². The van der Waals surface area contributed by atoms with Gasteiger partial charge in [-0.15, -0.1) is 0 Å². The van der Waals surface area contributed by atoms with Crippen LogP contribution < -0.4 is 0 Å². The van der Waals surface area contributed by atoms with Crippen LogP contribution in [-0.4, -0.2) is 24.6 Å². The van der Waals surface area contributed by atoms with E-state index < -0.39 is 7.26 Å². The van der Waals surface area contributed by atoms with Gasteiger partial charge in [-0.25, -0.2) is 0 Å². The van der Waals surface area contributed by atoms with Gasteiger partial charge in [-0.3, -0.25) is 0 Å². The summed E-state index contributed by atoms with van der Waals surface area (Å²) in [6.07, 6.45) is 1.43. The minimum absolute atomic E-state index is 0.539. The van der Waals surface area contributed by atoms with Crippen LogP contribution in [0.1, 0.15) is 34.6 Å². The Morgan fingerprint density at radius 3 is 1.55 bits per heavy atom. The molecule has 0 radical (unpaired) electrons. The summed E-state index contributed by atoms with van der Waals surface area (Å²) in [6, 6.07) is 0. The van der Waals surface area contributed by atoms with E-state index in [1.165, 1.54) is 6.16 Å². The van der Waals surface area contributed by atoms with Gasteiger partial charge in [-0.2, -0.15) is 0 Å². The second-order valence-corrected chi connectivity index (χ2v) is 10.5. The smallest absolute Gasteiger partial charge is 0.0593 e. The molecule has 0 aliphatic rings. The van der Waals surface area contributed by atoms with E-state index in [9.17, 15) is 0 Å². The van der Waals surface area contributed by atoms with Crippen molar-refractivity contribution in [1.29, 1.82) is 0 Å². The second kappa shape index (κ2) is 3.44. The molecular weight excluding hydrogens is 151 g/mol. The van der Waals surface area contributed by atoms with E-state index in [-0.39, 0.29) is 0 Å². The zero-order valence-electron chi connectivity index (χ0n) is 9.23. The third kappa shape index (κ3) is 3.56. The topological polar surface area (TPSA) is 0 Å². The summed E-state index contributed by atoms with van der Waals surface area (Å²) in [5.41, 5.74) is 0. The molecule has 0 rings (SSSR count). The van der Waals surface area contributed by atoms with E-state index in [2.05, 4.69) is 47.9 Å². The standard InChI is InChI=1S/C10H24P/c1-9(2)8-11(6,7)10(3,4)5/h9H,8H2,1-7H3/q+1. The Balaban J connectivity index is 4.22. The summed E-state index contributed by atoms with van der Waals surface area (Å²) in [4.78, 5) is 0. The van der Waals surface area contributed by atoms with Crippen LogP contribution in [0.2, 0.25) is 0 Å². The van der Waals surface area contributed by atoms with Crippen molar-refractivity contribution in [2.75, 3.05) is 19.5 Å². The van der Waals surface area contributed by atoms with Crippen molar-refractivity contribution in [1.82, 2.24) is 0 Å². The maximum Gasteiger partial charge on any atom is 0.0710 e. The first-order valence-electron chi connectivity index (χ1n) is 4.50. The maximum absolute atomic E-state index is 2.48. The highest BCUT2D eigenvalue weighted by atomic mass is 31.2. The lowest BCUT2D eigenvalue weighted by molar-refractivity contribution is 0.708. The fourth-order valence-electron chi connectivity index (χ4n) is 1.19. The summed E-state index contributed by atoms with van der Waals surface area (Å²) in [5, 5.41) is 0.539. The molecule has 11 heavy (non-hydrogen) atoms. The average molecular weight is 175 g/mol. The van der Waals surface area contributed by atoms with E-state index in [1.54, 1.807) is 0 Å². The largest absolute Gasteiger partial charge is 0.0710 e. The lowest BCUT2D eigenvalue weighted by Gasteiger charge is -2.33. The van der Waals surface area contributed by atoms with E-state index in [0.717, 1.165) is 5.92 Å². The molecule has 0 aromatic rings. The van der Waals surface area contributed by atoms with E-state index >= 15 is 0 Å². The van der Waals surface area contributed by atoms with Gasteiger partial charge in [0.05, 0.1) is 11.3 Å². The monoisotopic (exact) mass is 175 g/mol. The van der Waals surface area contributed by atoms with Gasteiger partial charge in [0.1, 0.15) is 0 Å². The molecule has 0 amide bonds. The third-order valence-electron chi connectivity index (χ3n) is 2.64. The van der Waals surface area contributed by atoms with Gasteiger partial charge >= 0.3 is 0 Å². The van der Waals surface area contributed by atoms with Crippen molar-refractivity contribution in [3.05, 3.63) is 0 Å². The quantitative estimate of drug-likeness (QED) is 0.561. The molecule has 1 heteroatoms. The summed E-state index contributed by atoms with van der Waals surface area (Å²) < 4.78 is 0. The normalized spacial score (nSPS) is 14.2. The molecule has 0 fully saturated rings. The fraction of sp³-hybridized carbons (Fsp3) is 1.00. The first kappa shape index (κ1) is 11.4. The summed E-state index contributed by atoms with van der Waals surface area (Å²) in [5.74, 6) is 0.859. The summed E-state index contributed by atoms with van der Waals surface area (Å²) >= 11 is 0. The summed E-state index contributed by atoms with van der Waals surface area (Å²) in [7, 11) is -0.682. The number of rotatable bonds is 2. The van der Waals surface area contributed by atoms with Gasteiger partial charge in [0.15, 0.2) is 0 Å². The van der Waals surface area contributed by atoms with Crippen molar-refractivity contribution in [3.63, 3.8) is 0 Å². The van der Waals surface area contributed by atoms with E-state index in [0.29, 0.717) is 5.16 Å². The van der Waals surface area contributed by atoms with Crippen LogP contribution in [0.3, 0.4) is 0 Å². The lowest BCUT2D eigenvalue weighted by Crippen LogP contribution is -2.22. The zero-order chi connectivity index (χ0) is 9.28. The second-order valence-electron chi connectivity index (χ2n) is 5.43. The molecule has 0 atom stereocenters. The molecule has 0 bridgehead atoms. The van der Waals surface area contributed by atoms with Crippen LogP contribution in [0.15, 0.2) is 0 Å². The Morgan fingerprint density at radius 1 is 1.09 bits per heavy atom. The highest BCUT2D eigenvalue weighted by Crippen LogP contribution is 2.63. The predicted molar refractivity (Wildman–Crippen MR) is 58.2 cm³/mol. The van der Waals surface area contributed by atoms with E-state index in [4.69, 9.17) is 0 Å². The Labute approximate surface area is 73.1 Å². The molecule has 0 N–H and O–H groups in total. The van der Waals surface area contributed by atoms with Crippen molar-refractivity contribution in [2.45, 2.75) is 39.8 Å². The van der Waals surface area contributed by atoms with Crippen LogP contribution in [0.25, 0.3) is 0 Å². The molecule has 68 valence electrons. The van der Waals surface area contributed by atoms with Crippen molar-refractivity contribution in [3.8, 4) is 0 Å². The van der Waals surface area contributed by atoms with Gasteiger partial charge in [-0.05, 0) is 26.7 Å². The highest BCUT2D eigenvalue weighted by molar-refractivity contribution is 7.75. The van der Waals surface area contributed by atoms with Crippen LogP contribution in [0.5, 0.6) is 0 Å². The molecule has 0 nitrogen and oxygen atoms in total. The first-order valence-corrected chi connectivity index (χ1v) is 7.37. The van der Waals surface area contributed by atoms with Gasteiger partial charge in [-0.1, -0.05) is 13.8 Å². The Morgan fingerprint density at radius 2 is 1.45 bits per heavy atom. The first-order chi connectivity index (χ1) is 4.67. The van der Waals surface area contributed by atoms with Gasteiger partial charge in [0.2, 0.25) is 0 Å². The number of hydrogen-bond donors (Lipinski definition) is 0. The van der Waals surface area contributed by atoms with Crippen molar-refractivity contribution < 1.29 is 0 Å². The molecule has 0 aromatic carbocycles. The SMILES string of the molecule is CC(C)C[P+](C)(C)C(C)(C)C. The average Bonchev–Trinajstić information content (AvgIpc) is 1.56. The van der Waals surface area contributed by atoms with Crippen LogP contribution in [0.4, 0.5) is 0 Å². The predicted octanol–water partition coefficient (Wildman–Crippen LogP) is 3.72. The zero-order valence-corrected chi connectivity index (χ0v) is 10.1. The van der Waals surface area contributed by atoms with Gasteiger partial charge in [0, 0.05) is 20.6 Å². The molecule has 0 saturated heterocycles. The molecule has 0 saturated carbocycles. The van der Waals surface area contributed by atoms with Crippen molar-refractivity contribution >= 4 is 7.26 Å². The molecule has 0 aliphatic heterocycles. The van der Waals surface area contributed by atoms with Crippen molar-refractivity contribution in [2.24, 2.45) is 5.92 Å². The molecule has 0 unspecified atom stereocenters. The lowest BCUT2D eigenvalue weighted by atomic mass is 10.2. The third-order valence-corrected chi connectivity index (χ3v) is 7.91. The molecular formula is C10H24P+. The highest BCUT2D eigenvalue weighted by Gasteiger charge is 2.39. The minimum atomic E-state index is -0.682. The van der Waals surface area contributed by atoms with Crippen LogP contribution >= 0.6 is 7.26 Å². The van der Waals surface area contributed by atoms with Gasteiger partial charge < -0.3 is 0 Å². The van der Waals surface area contributed by atoms with Crippen LogP contribution in [-0.2, 0) is 0 Å². The molecule has 0 aliphatic carbocycles. The Kier molecular flexibility index (Phi) is 3.57. The minimum Gasteiger partial charge on any atom is -0.0593 e. The van der Waals surface area contributed by atoms with Crippen LogP contribution in [0, 0.1) is 5.92 Å². The molecule has 0 spiro atoms. The fourth-order valence-corrected chi connectivity index (χ4v) is 3.56. The molecule has 0 aromatic heterocycles.